The molecule has 2 atom stereocenters. The standard InChI is InChI=1S/C12H12F6O6S2/c1-9(2)6-4-8(24-26(21,22)12(16,17)18)10(9,3)5-7(6)23-25(19,20)11(13,14)15/h4-6H,1-3H3/t6-,10-/m1/s1. The summed E-state index contributed by atoms with van der Waals surface area (Å²) in [4.78, 5) is 0. The summed E-state index contributed by atoms with van der Waals surface area (Å²) in [6.07, 6.45) is 1.63. The number of alkyl halides is 6. The molecule has 0 aromatic carbocycles. The van der Waals surface area contributed by atoms with Crippen molar-refractivity contribution in [2.45, 2.75) is 31.8 Å². The molecule has 6 nitrogen and oxygen atoms in total. The molecule has 14 heteroatoms. The monoisotopic (exact) mass is 430 g/mol. The second-order valence-corrected chi connectivity index (χ2v) is 9.52. The molecule has 0 heterocycles. The molecule has 2 aliphatic rings. The topological polar surface area (TPSA) is 86.7 Å². The molecule has 0 radical (unpaired) electrons. The van der Waals surface area contributed by atoms with Crippen molar-refractivity contribution < 1.29 is 51.5 Å². The third kappa shape index (κ3) is 2.86. The highest BCUT2D eigenvalue weighted by Crippen LogP contribution is 2.65. The van der Waals surface area contributed by atoms with Gasteiger partial charge in [-0.15, -0.1) is 0 Å². The lowest BCUT2D eigenvalue weighted by Gasteiger charge is -2.35. The lowest BCUT2D eigenvalue weighted by atomic mass is 9.69. The van der Waals surface area contributed by atoms with E-state index in [0.717, 1.165) is 12.2 Å². The summed E-state index contributed by atoms with van der Waals surface area (Å²) in [5.74, 6) is -2.60. The molecule has 2 aliphatic carbocycles. The molecule has 0 N–H and O–H groups in total. The predicted molar refractivity (Wildman–Crippen MR) is 73.7 cm³/mol. The first kappa shape index (κ1) is 20.9. The van der Waals surface area contributed by atoms with Gasteiger partial charge in [0.25, 0.3) is 0 Å². The second kappa shape index (κ2) is 5.30. The van der Waals surface area contributed by atoms with Crippen molar-refractivity contribution >= 4 is 20.2 Å². The molecule has 0 aromatic heterocycles. The highest BCUT2D eigenvalue weighted by atomic mass is 32.2. The van der Waals surface area contributed by atoms with Gasteiger partial charge in [0, 0.05) is 5.92 Å². The zero-order valence-corrected chi connectivity index (χ0v) is 14.9. The average molecular weight is 430 g/mol. The van der Waals surface area contributed by atoms with E-state index in [9.17, 15) is 43.2 Å². The minimum atomic E-state index is -6.00. The molecule has 150 valence electrons. The van der Waals surface area contributed by atoms with Crippen LogP contribution in [0, 0.1) is 16.7 Å². The van der Waals surface area contributed by atoms with Gasteiger partial charge >= 0.3 is 31.3 Å². The van der Waals surface area contributed by atoms with Crippen molar-refractivity contribution in [3.8, 4) is 0 Å². The van der Waals surface area contributed by atoms with E-state index in [1.165, 1.54) is 20.8 Å². The highest BCUT2D eigenvalue weighted by molar-refractivity contribution is 7.88. The second-order valence-electron chi connectivity index (χ2n) is 6.45. The summed E-state index contributed by atoms with van der Waals surface area (Å²) in [6, 6.07) is 0. The summed E-state index contributed by atoms with van der Waals surface area (Å²) in [5, 5.41) is 0. The van der Waals surface area contributed by atoms with E-state index in [4.69, 9.17) is 0 Å². The van der Waals surface area contributed by atoms with Gasteiger partial charge < -0.3 is 8.37 Å². The van der Waals surface area contributed by atoms with E-state index in [1.807, 2.05) is 0 Å². The zero-order valence-electron chi connectivity index (χ0n) is 13.3. The Morgan fingerprint density at radius 3 is 1.65 bits per heavy atom. The molecular weight excluding hydrogens is 418 g/mol. The molecule has 2 bridgehead atoms. The SMILES string of the molecule is CC1(C)[C@@H]2C=C(OS(=O)(=O)C(F)(F)F)[C@@]1(C)C=C2OS(=O)(=O)C(F)(F)F. The smallest absolute Gasteiger partial charge is 0.380 e. The van der Waals surface area contributed by atoms with E-state index in [-0.39, 0.29) is 0 Å². The number of hydrogen-bond donors (Lipinski definition) is 0. The van der Waals surface area contributed by atoms with Crippen molar-refractivity contribution in [3.63, 3.8) is 0 Å². The largest absolute Gasteiger partial charge is 0.534 e. The van der Waals surface area contributed by atoms with Crippen molar-refractivity contribution in [1.82, 2.24) is 0 Å². The predicted octanol–water partition coefficient (Wildman–Crippen LogP) is 3.16. The van der Waals surface area contributed by atoms with Crippen LogP contribution in [0.3, 0.4) is 0 Å². The van der Waals surface area contributed by atoms with Crippen molar-refractivity contribution in [1.29, 1.82) is 0 Å². The summed E-state index contributed by atoms with van der Waals surface area (Å²) >= 11 is 0. The first-order valence-electron chi connectivity index (χ1n) is 6.73. The van der Waals surface area contributed by atoms with Gasteiger partial charge in [-0.25, -0.2) is 0 Å². The Hall–Kier alpha value is -1.44. The molecule has 0 aromatic rings. The van der Waals surface area contributed by atoms with Crippen LogP contribution in [0.2, 0.25) is 0 Å². The number of allylic oxidation sites excluding steroid dienone is 2. The number of halogens is 6. The van der Waals surface area contributed by atoms with Crippen LogP contribution in [0.25, 0.3) is 0 Å². The average Bonchev–Trinajstić information content (AvgIpc) is 2.65. The third-order valence-electron chi connectivity index (χ3n) is 4.66. The van der Waals surface area contributed by atoms with Gasteiger partial charge in [0.15, 0.2) is 0 Å². The van der Waals surface area contributed by atoms with E-state index >= 15 is 0 Å². The first-order valence-corrected chi connectivity index (χ1v) is 9.54. The molecule has 0 spiro atoms. The van der Waals surface area contributed by atoms with Gasteiger partial charge in [-0.05, 0) is 24.5 Å². The van der Waals surface area contributed by atoms with Crippen LogP contribution < -0.4 is 0 Å². The van der Waals surface area contributed by atoms with Crippen LogP contribution in [0.4, 0.5) is 26.3 Å². The molecule has 26 heavy (non-hydrogen) atoms. The van der Waals surface area contributed by atoms with Gasteiger partial charge in [-0.1, -0.05) is 13.8 Å². The van der Waals surface area contributed by atoms with Crippen molar-refractivity contribution in [2.75, 3.05) is 0 Å². The van der Waals surface area contributed by atoms with E-state index in [2.05, 4.69) is 8.37 Å². The highest BCUT2D eigenvalue weighted by Gasteiger charge is 2.63. The summed E-state index contributed by atoms with van der Waals surface area (Å²) in [6.45, 7) is 3.97. The van der Waals surface area contributed by atoms with Gasteiger partial charge in [0.05, 0.1) is 5.41 Å². The molecule has 0 amide bonds. The summed E-state index contributed by atoms with van der Waals surface area (Å²) < 4.78 is 128. The Morgan fingerprint density at radius 1 is 0.885 bits per heavy atom. The molecule has 0 saturated heterocycles. The Balaban J connectivity index is 2.40. The fraction of sp³-hybridized carbons (Fsp3) is 0.667. The van der Waals surface area contributed by atoms with Crippen LogP contribution in [-0.2, 0) is 28.6 Å². The van der Waals surface area contributed by atoms with Gasteiger partial charge in [0.1, 0.15) is 11.5 Å². The van der Waals surface area contributed by atoms with Crippen LogP contribution >= 0.6 is 0 Å². The maximum atomic E-state index is 12.5. The maximum Gasteiger partial charge on any atom is 0.534 e. The Bertz CT molecular complexity index is 893. The van der Waals surface area contributed by atoms with Gasteiger partial charge in [-0.2, -0.15) is 43.2 Å². The first-order chi connectivity index (χ1) is 11.3. The van der Waals surface area contributed by atoms with Crippen LogP contribution in [0.5, 0.6) is 0 Å². The molecule has 0 unspecified atom stereocenters. The van der Waals surface area contributed by atoms with E-state index < -0.39 is 59.5 Å². The molecular formula is C12H12F6O6S2. The maximum absolute atomic E-state index is 12.5. The lowest BCUT2D eigenvalue weighted by molar-refractivity contribution is -0.0535. The van der Waals surface area contributed by atoms with Gasteiger partial charge in [-0.3, -0.25) is 0 Å². The fourth-order valence-electron chi connectivity index (χ4n) is 2.77. The third-order valence-corrected chi connectivity index (χ3v) is 6.60. The van der Waals surface area contributed by atoms with E-state index in [1.54, 1.807) is 0 Å². The van der Waals surface area contributed by atoms with Crippen LogP contribution in [-0.4, -0.2) is 27.9 Å². The molecule has 0 fully saturated rings. The molecule has 0 aliphatic heterocycles. The van der Waals surface area contributed by atoms with Crippen LogP contribution in [0.1, 0.15) is 20.8 Å². The van der Waals surface area contributed by atoms with Crippen molar-refractivity contribution in [2.24, 2.45) is 16.7 Å². The number of hydrogen-bond acceptors (Lipinski definition) is 6. The molecule has 0 saturated carbocycles. The summed E-state index contributed by atoms with van der Waals surface area (Å²) in [5.41, 5.74) is -14.3. The fourth-order valence-corrected chi connectivity index (χ4v) is 3.83. The molecule has 2 rings (SSSR count). The summed E-state index contributed by atoms with van der Waals surface area (Å²) in [7, 11) is -12.0. The Labute approximate surface area is 144 Å². The quantitative estimate of drug-likeness (QED) is 0.387. The minimum absolute atomic E-state index is 0.674. The lowest BCUT2D eigenvalue weighted by Crippen LogP contribution is -2.34. The van der Waals surface area contributed by atoms with Gasteiger partial charge in [0.2, 0.25) is 0 Å². The van der Waals surface area contributed by atoms with E-state index in [0.29, 0.717) is 0 Å². The number of rotatable bonds is 4. The minimum Gasteiger partial charge on any atom is -0.380 e. The normalized spacial score (nSPS) is 28.6. The van der Waals surface area contributed by atoms with Crippen molar-refractivity contribution in [3.05, 3.63) is 23.7 Å². The zero-order chi connectivity index (χ0) is 20.6. The number of fused-ring (bicyclic) bond motifs is 2. The Morgan fingerprint density at radius 2 is 1.31 bits per heavy atom. The van der Waals surface area contributed by atoms with Crippen LogP contribution in [0.15, 0.2) is 23.7 Å². The Kier molecular flexibility index (Phi) is 4.25.